The maximum Gasteiger partial charge on any atom is 0.240 e. The standard InChI is InChI=1S/C15H24N2O2S/c1-3-4-13-5-7-14(8-6-13)20(18,19)17-15-11-16-10-9-12(15)2/h5-8,12,15-17H,3-4,9-11H2,1-2H3. The fourth-order valence-corrected chi connectivity index (χ4v) is 3.88. The zero-order valence-electron chi connectivity index (χ0n) is 12.2. The van der Waals surface area contributed by atoms with Gasteiger partial charge in [-0.3, -0.25) is 0 Å². The highest BCUT2D eigenvalue weighted by Gasteiger charge is 2.26. The van der Waals surface area contributed by atoms with Crippen LogP contribution in [0.15, 0.2) is 29.2 Å². The van der Waals surface area contributed by atoms with Crippen LogP contribution in [-0.4, -0.2) is 27.5 Å². The summed E-state index contributed by atoms with van der Waals surface area (Å²) in [6, 6.07) is 7.19. The number of hydrogen-bond acceptors (Lipinski definition) is 3. The second-order valence-corrected chi connectivity index (χ2v) is 7.31. The van der Waals surface area contributed by atoms with Crippen LogP contribution in [0.2, 0.25) is 0 Å². The Labute approximate surface area is 122 Å². The van der Waals surface area contributed by atoms with Gasteiger partial charge >= 0.3 is 0 Å². The largest absolute Gasteiger partial charge is 0.315 e. The molecule has 1 heterocycles. The lowest BCUT2D eigenvalue weighted by Gasteiger charge is -2.29. The first-order chi connectivity index (χ1) is 9.53. The number of nitrogens with one attached hydrogen (secondary N) is 2. The average Bonchev–Trinajstić information content (AvgIpc) is 2.42. The van der Waals surface area contributed by atoms with E-state index in [0.29, 0.717) is 17.4 Å². The van der Waals surface area contributed by atoms with E-state index in [2.05, 4.69) is 23.9 Å². The minimum atomic E-state index is -3.41. The molecular formula is C15H24N2O2S. The van der Waals surface area contributed by atoms with E-state index in [1.54, 1.807) is 12.1 Å². The Bertz CT molecular complexity index is 525. The number of rotatable bonds is 5. The smallest absolute Gasteiger partial charge is 0.240 e. The van der Waals surface area contributed by atoms with Gasteiger partial charge in [-0.05, 0) is 43.0 Å². The van der Waals surface area contributed by atoms with Crippen LogP contribution >= 0.6 is 0 Å². The van der Waals surface area contributed by atoms with Crippen LogP contribution in [0, 0.1) is 5.92 Å². The fraction of sp³-hybridized carbons (Fsp3) is 0.600. The van der Waals surface area contributed by atoms with E-state index in [1.165, 1.54) is 5.56 Å². The molecule has 1 aliphatic rings. The first kappa shape index (κ1) is 15.5. The topological polar surface area (TPSA) is 58.2 Å². The van der Waals surface area contributed by atoms with Gasteiger partial charge in [0.2, 0.25) is 10.0 Å². The monoisotopic (exact) mass is 296 g/mol. The highest BCUT2D eigenvalue weighted by molar-refractivity contribution is 7.89. The predicted molar refractivity (Wildman–Crippen MR) is 81.2 cm³/mol. The van der Waals surface area contributed by atoms with E-state index in [0.717, 1.165) is 25.8 Å². The first-order valence-electron chi connectivity index (χ1n) is 7.35. The summed E-state index contributed by atoms with van der Waals surface area (Å²) < 4.78 is 27.6. The van der Waals surface area contributed by atoms with Crippen molar-refractivity contribution in [2.75, 3.05) is 13.1 Å². The summed E-state index contributed by atoms with van der Waals surface area (Å²) in [5, 5.41) is 3.24. The maximum absolute atomic E-state index is 12.4. The van der Waals surface area contributed by atoms with E-state index in [4.69, 9.17) is 0 Å². The number of aryl methyl sites for hydroxylation is 1. The van der Waals surface area contributed by atoms with Gasteiger partial charge in [-0.25, -0.2) is 13.1 Å². The molecule has 2 rings (SSSR count). The van der Waals surface area contributed by atoms with Gasteiger partial charge in [-0.1, -0.05) is 32.4 Å². The highest BCUT2D eigenvalue weighted by Crippen LogP contribution is 2.16. The molecule has 0 aromatic heterocycles. The van der Waals surface area contributed by atoms with Crippen LogP contribution < -0.4 is 10.0 Å². The number of piperidine rings is 1. The van der Waals surface area contributed by atoms with E-state index >= 15 is 0 Å². The third-order valence-corrected chi connectivity index (χ3v) is 5.41. The lowest BCUT2D eigenvalue weighted by Crippen LogP contribution is -2.50. The second-order valence-electron chi connectivity index (χ2n) is 5.59. The van der Waals surface area contributed by atoms with Crippen molar-refractivity contribution in [1.82, 2.24) is 10.0 Å². The molecule has 0 amide bonds. The normalized spacial score (nSPS) is 23.7. The molecular weight excluding hydrogens is 272 g/mol. The van der Waals surface area contributed by atoms with Gasteiger partial charge in [0.05, 0.1) is 4.90 Å². The van der Waals surface area contributed by atoms with Gasteiger partial charge in [0, 0.05) is 12.6 Å². The Morgan fingerprint density at radius 2 is 2.00 bits per heavy atom. The number of benzene rings is 1. The van der Waals surface area contributed by atoms with Crippen molar-refractivity contribution in [1.29, 1.82) is 0 Å². The molecule has 20 heavy (non-hydrogen) atoms. The van der Waals surface area contributed by atoms with Crippen molar-refractivity contribution in [3.63, 3.8) is 0 Å². The van der Waals surface area contributed by atoms with Crippen molar-refractivity contribution >= 4 is 10.0 Å². The van der Waals surface area contributed by atoms with Crippen LogP contribution in [-0.2, 0) is 16.4 Å². The summed E-state index contributed by atoms with van der Waals surface area (Å²) in [6.45, 7) is 5.88. The summed E-state index contributed by atoms with van der Waals surface area (Å²) in [5.74, 6) is 0.366. The SMILES string of the molecule is CCCc1ccc(S(=O)(=O)NC2CNCCC2C)cc1. The Balaban J connectivity index is 2.09. The molecule has 1 fully saturated rings. The van der Waals surface area contributed by atoms with Crippen LogP contribution in [0.3, 0.4) is 0 Å². The van der Waals surface area contributed by atoms with Crippen molar-refractivity contribution in [3.8, 4) is 0 Å². The number of sulfonamides is 1. The number of hydrogen-bond donors (Lipinski definition) is 2. The van der Waals surface area contributed by atoms with E-state index in [-0.39, 0.29) is 6.04 Å². The molecule has 0 bridgehead atoms. The van der Waals surface area contributed by atoms with Crippen molar-refractivity contribution in [2.24, 2.45) is 5.92 Å². The van der Waals surface area contributed by atoms with E-state index in [1.807, 2.05) is 12.1 Å². The third kappa shape index (κ3) is 3.81. The Morgan fingerprint density at radius 3 is 2.60 bits per heavy atom. The molecule has 0 aliphatic carbocycles. The van der Waals surface area contributed by atoms with E-state index < -0.39 is 10.0 Å². The zero-order chi connectivity index (χ0) is 14.6. The molecule has 0 saturated carbocycles. The van der Waals surface area contributed by atoms with Gasteiger partial charge in [0.15, 0.2) is 0 Å². The third-order valence-electron chi connectivity index (χ3n) is 3.91. The van der Waals surface area contributed by atoms with Gasteiger partial charge in [0.1, 0.15) is 0 Å². The molecule has 4 nitrogen and oxygen atoms in total. The quantitative estimate of drug-likeness (QED) is 0.873. The molecule has 0 spiro atoms. The maximum atomic E-state index is 12.4. The van der Waals surface area contributed by atoms with Crippen molar-refractivity contribution < 1.29 is 8.42 Å². The molecule has 1 saturated heterocycles. The minimum absolute atomic E-state index is 0.0240. The Hall–Kier alpha value is -0.910. The molecule has 1 aromatic rings. The van der Waals surface area contributed by atoms with Gasteiger partial charge in [-0.15, -0.1) is 0 Å². The minimum Gasteiger partial charge on any atom is -0.315 e. The Kier molecular flexibility index (Phi) is 5.18. The summed E-state index contributed by atoms with van der Waals surface area (Å²) in [4.78, 5) is 0.357. The molecule has 112 valence electrons. The van der Waals surface area contributed by atoms with Crippen LogP contribution in [0.1, 0.15) is 32.3 Å². The predicted octanol–water partition coefficient (Wildman–Crippen LogP) is 1.92. The lowest BCUT2D eigenvalue weighted by molar-refractivity contribution is 0.327. The summed E-state index contributed by atoms with van der Waals surface area (Å²) in [5.41, 5.74) is 1.18. The fourth-order valence-electron chi connectivity index (χ4n) is 2.54. The molecule has 1 aromatic carbocycles. The summed E-state index contributed by atoms with van der Waals surface area (Å²) >= 11 is 0. The Morgan fingerprint density at radius 1 is 1.30 bits per heavy atom. The molecule has 2 atom stereocenters. The zero-order valence-corrected chi connectivity index (χ0v) is 13.0. The lowest BCUT2D eigenvalue weighted by atomic mass is 9.96. The van der Waals surface area contributed by atoms with Crippen molar-refractivity contribution in [2.45, 2.75) is 44.0 Å². The highest BCUT2D eigenvalue weighted by atomic mass is 32.2. The molecule has 2 N–H and O–H groups in total. The van der Waals surface area contributed by atoms with E-state index in [9.17, 15) is 8.42 Å². The first-order valence-corrected chi connectivity index (χ1v) is 8.83. The van der Waals surface area contributed by atoms with Crippen LogP contribution in [0.5, 0.6) is 0 Å². The van der Waals surface area contributed by atoms with Gasteiger partial charge < -0.3 is 5.32 Å². The molecule has 5 heteroatoms. The molecule has 1 aliphatic heterocycles. The van der Waals surface area contributed by atoms with Gasteiger partial charge in [0.25, 0.3) is 0 Å². The van der Waals surface area contributed by atoms with Crippen molar-refractivity contribution in [3.05, 3.63) is 29.8 Å². The van der Waals surface area contributed by atoms with Gasteiger partial charge in [-0.2, -0.15) is 0 Å². The van der Waals surface area contributed by atoms with Crippen LogP contribution in [0.4, 0.5) is 0 Å². The van der Waals surface area contributed by atoms with Crippen LogP contribution in [0.25, 0.3) is 0 Å². The molecule has 0 radical (unpaired) electrons. The second kappa shape index (κ2) is 6.70. The molecule has 2 unspecified atom stereocenters. The summed E-state index contributed by atoms with van der Waals surface area (Å²) in [6.07, 6.45) is 3.05. The average molecular weight is 296 g/mol. The summed E-state index contributed by atoms with van der Waals surface area (Å²) in [7, 11) is -3.41.